The van der Waals surface area contributed by atoms with Crippen LogP contribution < -0.4 is 48.5 Å². The standard InChI is InChI=1S/C46H77N7O12/c1-4-5-15-37(51-34-54)45(58)52-38(32-35(2)3)46(59)53-39(33-36-13-7-6-8-14-36)44(57)50-19-12-23-63-27-31-65-30-26-62-22-11-18-49-41-40(42(55)43(41)56)48-17-10-21-61-25-29-64-28-24-60-20-9-16-47/h6-8,13-14,34-35,37-39,48-49H,4-5,9-12,15-33,47H2,1-3H3,(H,50,57)(H,51,54)(H,52,58)(H,53,59)/t37-,38-,39-/m0/s1. The summed E-state index contributed by atoms with van der Waals surface area (Å²) in [7, 11) is 0. The van der Waals surface area contributed by atoms with Crippen molar-refractivity contribution in [2.75, 3.05) is 116 Å². The van der Waals surface area contributed by atoms with Crippen LogP contribution in [0.2, 0.25) is 0 Å². The van der Waals surface area contributed by atoms with Gasteiger partial charge < -0.3 is 66.1 Å². The summed E-state index contributed by atoms with van der Waals surface area (Å²) in [6.07, 6.45) is 5.79. The molecular formula is C46H77N7O12. The molecule has 2 aromatic rings. The van der Waals surface area contributed by atoms with Crippen LogP contribution in [0.15, 0.2) is 39.9 Å². The lowest BCUT2D eigenvalue weighted by molar-refractivity contribution is -0.133. The Morgan fingerprint density at radius 1 is 0.600 bits per heavy atom. The van der Waals surface area contributed by atoms with E-state index in [4.69, 9.17) is 34.2 Å². The van der Waals surface area contributed by atoms with E-state index < -0.39 is 40.8 Å². The number of hydrogen-bond donors (Lipinski definition) is 7. The lowest BCUT2D eigenvalue weighted by Crippen LogP contribution is -2.57. The third-order valence-electron chi connectivity index (χ3n) is 9.88. The van der Waals surface area contributed by atoms with Crippen molar-refractivity contribution < 1.29 is 47.6 Å². The minimum atomic E-state index is -0.895. The second-order valence-corrected chi connectivity index (χ2v) is 15.9. The van der Waals surface area contributed by atoms with E-state index in [1.165, 1.54) is 0 Å². The van der Waals surface area contributed by atoms with Gasteiger partial charge in [0.2, 0.25) is 24.1 Å². The largest absolute Gasteiger partial charge is 0.380 e. The first-order valence-electron chi connectivity index (χ1n) is 23.2. The highest BCUT2D eigenvalue weighted by atomic mass is 16.5. The Bertz CT molecular complexity index is 1640. The number of rotatable bonds is 43. The van der Waals surface area contributed by atoms with E-state index in [0.29, 0.717) is 155 Å². The molecule has 19 heteroatoms. The fourth-order valence-electron chi connectivity index (χ4n) is 6.37. The van der Waals surface area contributed by atoms with Crippen molar-refractivity contribution in [3.05, 3.63) is 56.3 Å². The van der Waals surface area contributed by atoms with Gasteiger partial charge in [0, 0.05) is 52.5 Å². The Hall–Kier alpha value is -4.50. The van der Waals surface area contributed by atoms with E-state index in [0.717, 1.165) is 24.8 Å². The number of unbranched alkanes of at least 4 members (excludes halogenated alkanes) is 1. The SMILES string of the molecule is CCCC[C@H](NC=O)C(=O)N[C@@H](CC(C)C)C(=O)N[C@@H](Cc1ccccc1)C(=O)NCCCOCCOCCOCCCNc1c(NCCCOCCOCCOCCCN)c(=O)c1=O. The molecule has 0 aromatic heterocycles. The molecule has 19 nitrogen and oxygen atoms in total. The highest BCUT2D eigenvalue weighted by Crippen LogP contribution is 2.14. The smallest absolute Gasteiger partial charge is 0.253 e. The van der Waals surface area contributed by atoms with Crippen LogP contribution in [0.3, 0.4) is 0 Å². The van der Waals surface area contributed by atoms with Gasteiger partial charge in [-0.2, -0.15) is 0 Å². The van der Waals surface area contributed by atoms with Gasteiger partial charge in [-0.25, -0.2) is 0 Å². The molecule has 0 saturated carbocycles. The van der Waals surface area contributed by atoms with Gasteiger partial charge in [-0.05, 0) is 56.6 Å². The molecule has 0 aliphatic heterocycles. The van der Waals surface area contributed by atoms with E-state index in [-0.39, 0.29) is 18.2 Å². The lowest BCUT2D eigenvalue weighted by atomic mass is 10.00. The lowest BCUT2D eigenvalue weighted by Gasteiger charge is -2.26. The van der Waals surface area contributed by atoms with Crippen LogP contribution in [-0.2, 0) is 54.0 Å². The first-order chi connectivity index (χ1) is 31.6. The number of nitrogens with two attached hydrogens (primary N) is 1. The predicted molar refractivity (Wildman–Crippen MR) is 250 cm³/mol. The van der Waals surface area contributed by atoms with Crippen molar-refractivity contribution in [2.45, 2.75) is 96.7 Å². The van der Waals surface area contributed by atoms with Crippen molar-refractivity contribution in [1.29, 1.82) is 0 Å². The van der Waals surface area contributed by atoms with Crippen molar-refractivity contribution in [3.8, 4) is 0 Å². The Morgan fingerprint density at radius 3 is 1.54 bits per heavy atom. The van der Waals surface area contributed by atoms with Crippen LogP contribution in [0.5, 0.6) is 0 Å². The summed E-state index contributed by atoms with van der Waals surface area (Å²) in [6.45, 7) is 13.2. The molecule has 368 valence electrons. The normalized spacial score (nSPS) is 12.7. The molecule has 0 heterocycles. The third kappa shape index (κ3) is 25.7. The van der Waals surface area contributed by atoms with Crippen LogP contribution in [0.25, 0.3) is 0 Å². The molecule has 0 spiro atoms. The van der Waals surface area contributed by atoms with Crippen LogP contribution in [0.4, 0.5) is 11.4 Å². The molecule has 0 saturated heterocycles. The Kier molecular flexibility index (Phi) is 32.0. The summed E-state index contributed by atoms with van der Waals surface area (Å²) in [5.74, 6) is -1.20. The average Bonchev–Trinajstić information content (AvgIpc) is 3.30. The number of carbonyl (C=O) groups excluding carboxylic acids is 4. The zero-order chi connectivity index (χ0) is 47.3. The van der Waals surface area contributed by atoms with Gasteiger partial charge in [-0.15, -0.1) is 0 Å². The van der Waals surface area contributed by atoms with E-state index in [1.54, 1.807) is 0 Å². The number of anilines is 2. The van der Waals surface area contributed by atoms with Crippen molar-refractivity contribution >= 4 is 35.5 Å². The van der Waals surface area contributed by atoms with E-state index in [1.807, 2.05) is 51.1 Å². The molecule has 0 radical (unpaired) electrons. The van der Waals surface area contributed by atoms with Crippen molar-refractivity contribution in [2.24, 2.45) is 11.7 Å². The molecule has 3 atom stereocenters. The van der Waals surface area contributed by atoms with Gasteiger partial charge >= 0.3 is 0 Å². The zero-order valence-electron chi connectivity index (χ0n) is 38.9. The van der Waals surface area contributed by atoms with Gasteiger partial charge in [0.1, 0.15) is 29.5 Å². The molecule has 0 aliphatic carbocycles. The number of hydrogen-bond acceptors (Lipinski definition) is 15. The molecule has 0 aliphatic rings. The van der Waals surface area contributed by atoms with Crippen LogP contribution in [0, 0.1) is 5.92 Å². The fourth-order valence-corrected chi connectivity index (χ4v) is 6.37. The summed E-state index contributed by atoms with van der Waals surface area (Å²) in [5.41, 5.74) is 5.84. The number of benzene rings is 1. The summed E-state index contributed by atoms with van der Waals surface area (Å²) in [4.78, 5) is 75.3. The molecule has 8 N–H and O–H groups in total. The molecule has 4 amide bonds. The fraction of sp³-hybridized carbons (Fsp3) is 0.696. The van der Waals surface area contributed by atoms with E-state index >= 15 is 0 Å². The number of amides is 4. The third-order valence-corrected chi connectivity index (χ3v) is 9.88. The monoisotopic (exact) mass is 920 g/mol. The quantitative estimate of drug-likeness (QED) is 0.0282. The maximum absolute atomic E-state index is 13.6. The van der Waals surface area contributed by atoms with Gasteiger partial charge in [-0.1, -0.05) is 63.9 Å². The average molecular weight is 920 g/mol. The van der Waals surface area contributed by atoms with Crippen LogP contribution in [0.1, 0.15) is 77.7 Å². The van der Waals surface area contributed by atoms with Gasteiger partial charge in [0.05, 0.1) is 52.9 Å². The first kappa shape index (κ1) is 56.6. The zero-order valence-corrected chi connectivity index (χ0v) is 38.9. The summed E-state index contributed by atoms with van der Waals surface area (Å²) < 4.78 is 33.2. The number of nitrogens with one attached hydrogen (secondary N) is 6. The molecule has 65 heavy (non-hydrogen) atoms. The molecular weight excluding hydrogens is 843 g/mol. The summed E-state index contributed by atoms with van der Waals surface area (Å²) in [6, 6.07) is 6.82. The van der Waals surface area contributed by atoms with Crippen molar-refractivity contribution in [3.63, 3.8) is 0 Å². The maximum Gasteiger partial charge on any atom is 0.253 e. The highest BCUT2D eigenvalue weighted by molar-refractivity contribution is 5.93. The van der Waals surface area contributed by atoms with Gasteiger partial charge in [0.15, 0.2) is 0 Å². The predicted octanol–water partition coefficient (Wildman–Crippen LogP) is 1.40. The topological polar surface area (TPSA) is 256 Å². The van der Waals surface area contributed by atoms with Crippen LogP contribution in [-0.4, -0.2) is 148 Å². The Labute approximate surface area is 384 Å². The summed E-state index contributed by atoms with van der Waals surface area (Å²) >= 11 is 0. The van der Waals surface area contributed by atoms with E-state index in [9.17, 15) is 28.8 Å². The van der Waals surface area contributed by atoms with Crippen LogP contribution >= 0.6 is 0 Å². The highest BCUT2D eigenvalue weighted by Gasteiger charge is 2.29. The Morgan fingerprint density at radius 2 is 1.06 bits per heavy atom. The maximum atomic E-state index is 13.6. The second-order valence-electron chi connectivity index (χ2n) is 15.9. The number of carbonyl (C=O) groups is 4. The first-order valence-corrected chi connectivity index (χ1v) is 23.2. The second kappa shape index (κ2) is 36.7. The van der Waals surface area contributed by atoms with Gasteiger partial charge in [0.25, 0.3) is 10.9 Å². The van der Waals surface area contributed by atoms with Crippen molar-refractivity contribution in [1.82, 2.24) is 21.3 Å². The van der Waals surface area contributed by atoms with E-state index in [2.05, 4.69) is 31.9 Å². The molecule has 2 rings (SSSR count). The van der Waals surface area contributed by atoms with Gasteiger partial charge in [-0.3, -0.25) is 28.8 Å². The molecule has 0 bridgehead atoms. The molecule has 2 aromatic carbocycles. The minimum absolute atomic E-state index is 0.0694. The minimum Gasteiger partial charge on any atom is -0.380 e. The number of ether oxygens (including phenoxy) is 6. The molecule has 0 unspecified atom stereocenters. The Balaban J connectivity index is 1.58. The molecule has 0 fully saturated rings. The summed E-state index contributed by atoms with van der Waals surface area (Å²) in [5, 5.41) is 17.2.